The zero-order valence-corrected chi connectivity index (χ0v) is 24.7. The molecule has 0 atom stereocenters. The smallest absolute Gasteiger partial charge is 0.328 e. The topological polar surface area (TPSA) is 156 Å². The van der Waals surface area contributed by atoms with Crippen LogP contribution in [0.25, 0.3) is 11.2 Å². The lowest BCUT2D eigenvalue weighted by atomic mass is 10.1. The molecular formula is C30H35N7O7. The summed E-state index contributed by atoms with van der Waals surface area (Å²) in [5.41, 5.74) is 3.93. The van der Waals surface area contributed by atoms with Gasteiger partial charge in [0.05, 0.1) is 39.7 Å². The molecule has 1 saturated heterocycles. The van der Waals surface area contributed by atoms with Crippen LogP contribution in [0.2, 0.25) is 0 Å². The normalized spacial score (nSPS) is 16.7. The van der Waals surface area contributed by atoms with Crippen LogP contribution in [0.1, 0.15) is 11.1 Å². The number of ether oxygens (including phenoxy) is 4. The molecule has 4 bridgehead atoms. The Balaban J connectivity index is 1.44. The van der Waals surface area contributed by atoms with Gasteiger partial charge in [0.2, 0.25) is 0 Å². The van der Waals surface area contributed by atoms with E-state index in [4.69, 9.17) is 23.9 Å². The molecule has 0 radical (unpaired) electrons. The second kappa shape index (κ2) is 12.2. The van der Waals surface area contributed by atoms with E-state index in [1.165, 1.54) is 10.9 Å². The van der Waals surface area contributed by atoms with Crippen molar-refractivity contribution in [3.05, 3.63) is 59.9 Å². The van der Waals surface area contributed by atoms with Gasteiger partial charge in [0.1, 0.15) is 29.2 Å². The SMILES string of the molecule is COc1ccc(CN(C)c2cc3nc4c2ncn4C(=O)NCCOC(O)(O)c2cc(cc(N4CCOCC4)c2)N3)c(OC)c1. The lowest BCUT2D eigenvalue weighted by molar-refractivity contribution is -0.349. The number of amides is 1. The van der Waals surface area contributed by atoms with E-state index in [1.807, 2.05) is 42.3 Å². The van der Waals surface area contributed by atoms with Gasteiger partial charge < -0.3 is 49.6 Å². The number of imidazole rings is 1. The molecule has 2 aromatic heterocycles. The van der Waals surface area contributed by atoms with Gasteiger partial charge >= 0.3 is 12.0 Å². The summed E-state index contributed by atoms with van der Waals surface area (Å²) in [5, 5.41) is 27.8. The summed E-state index contributed by atoms with van der Waals surface area (Å²) in [7, 11) is 5.13. The van der Waals surface area contributed by atoms with Crippen molar-refractivity contribution in [1.82, 2.24) is 19.9 Å². The molecule has 6 rings (SSSR count). The third-order valence-corrected chi connectivity index (χ3v) is 7.64. The maximum Gasteiger partial charge on any atom is 0.328 e. The number of pyridine rings is 1. The van der Waals surface area contributed by atoms with E-state index in [0.717, 1.165) is 11.3 Å². The molecule has 0 unspecified atom stereocenters. The Bertz CT molecular complexity index is 1670. The van der Waals surface area contributed by atoms with Gasteiger partial charge in [-0.15, -0.1) is 0 Å². The average molecular weight is 606 g/mol. The third kappa shape index (κ3) is 5.92. The largest absolute Gasteiger partial charge is 0.497 e. The average Bonchev–Trinajstić information content (AvgIpc) is 3.46. The van der Waals surface area contributed by atoms with Gasteiger partial charge in [-0.05, 0) is 30.3 Å². The predicted molar refractivity (Wildman–Crippen MR) is 163 cm³/mol. The number of benzene rings is 2. The van der Waals surface area contributed by atoms with Crippen molar-refractivity contribution in [2.24, 2.45) is 0 Å². The van der Waals surface area contributed by atoms with Crippen LogP contribution in [0.15, 0.2) is 48.8 Å². The molecule has 232 valence electrons. The van der Waals surface area contributed by atoms with E-state index in [-0.39, 0.29) is 18.7 Å². The molecule has 1 amide bonds. The zero-order chi connectivity index (χ0) is 30.8. The van der Waals surface area contributed by atoms with Gasteiger partial charge in [0.15, 0.2) is 5.65 Å². The van der Waals surface area contributed by atoms with Crippen molar-refractivity contribution < 1.29 is 34.0 Å². The Morgan fingerprint density at radius 1 is 1.07 bits per heavy atom. The Morgan fingerprint density at radius 3 is 2.66 bits per heavy atom. The number of carbonyl (C=O) groups excluding carboxylic acids is 1. The highest BCUT2D eigenvalue weighted by atomic mass is 16.8. The van der Waals surface area contributed by atoms with E-state index in [1.54, 1.807) is 26.4 Å². The van der Waals surface area contributed by atoms with Gasteiger partial charge in [-0.25, -0.2) is 19.3 Å². The Hall–Kier alpha value is -4.63. The Labute approximate surface area is 253 Å². The van der Waals surface area contributed by atoms with Crippen molar-refractivity contribution in [2.75, 3.05) is 75.8 Å². The third-order valence-electron chi connectivity index (χ3n) is 7.64. The summed E-state index contributed by atoms with van der Waals surface area (Å²) in [5.74, 6) is -0.832. The van der Waals surface area contributed by atoms with E-state index in [2.05, 4.69) is 20.5 Å². The maximum absolute atomic E-state index is 13.1. The summed E-state index contributed by atoms with van der Waals surface area (Å²) in [6.07, 6.45) is 1.41. The molecule has 2 aromatic carbocycles. The molecule has 1 fully saturated rings. The van der Waals surface area contributed by atoms with Crippen molar-refractivity contribution >= 4 is 40.1 Å². The summed E-state index contributed by atoms with van der Waals surface area (Å²) in [6, 6.07) is 12.2. The van der Waals surface area contributed by atoms with Crippen LogP contribution < -0.4 is 29.9 Å². The second-order valence-electron chi connectivity index (χ2n) is 10.5. The zero-order valence-electron chi connectivity index (χ0n) is 24.7. The summed E-state index contributed by atoms with van der Waals surface area (Å²) < 4.78 is 23.2. The van der Waals surface area contributed by atoms with Crippen LogP contribution in [0.5, 0.6) is 11.5 Å². The lowest BCUT2D eigenvalue weighted by Crippen LogP contribution is -2.37. The van der Waals surface area contributed by atoms with Crippen molar-refractivity contribution in [2.45, 2.75) is 12.5 Å². The molecule has 4 N–H and O–H groups in total. The van der Waals surface area contributed by atoms with Crippen LogP contribution in [0.4, 0.5) is 27.7 Å². The van der Waals surface area contributed by atoms with E-state index in [9.17, 15) is 15.0 Å². The fraction of sp³-hybridized carbons (Fsp3) is 0.367. The first-order valence-electron chi connectivity index (χ1n) is 14.2. The van der Waals surface area contributed by atoms with Crippen LogP contribution >= 0.6 is 0 Å². The molecule has 0 aliphatic carbocycles. The van der Waals surface area contributed by atoms with Crippen molar-refractivity contribution in [3.8, 4) is 11.5 Å². The fourth-order valence-electron chi connectivity index (χ4n) is 5.34. The second-order valence-corrected chi connectivity index (χ2v) is 10.5. The minimum Gasteiger partial charge on any atom is -0.497 e. The molecule has 14 heteroatoms. The fourth-order valence-corrected chi connectivity index (χ4v) is 5.34. The number of carbonyl (C=O) groups is 1. The van der Waals surface area contributed by atoms with E-state index < -0.39 is 12.0 Å². The predicted octanol–water partition coefficient (Wildman–Crippen LogP) is 2.35. The highest BCUT2D eigenvalue weighted by Crippen LogP contribution is 2.34. The minimum absolute atomic E-state index is 0.0132. The highest BCUT2D eigenvalue weighted by Gasteiger charge is 2.30. The molecule has 4 aromatic rings. The van der Waals surface area contributed by atoms with Gasteiger partial charge in [-0.3, -0.25) is 0 Å². The van der Waals surface area contributed by atoms with Crippen LogP contribution in [-0.4, -0.2) is 91.5 Å². The molecule has 0 saturated carbocycles. The molecule has 44 heavy (non-hydrogen) atoms. The van der Waals surface area contributed by atoms with E-state index >= 15 is 0 Å². The first-order valence-corrected chi connectivity index (χ1v) is 14.2. The summed E-state index contributed by atoms with van der Waals surface area (Å²) in [4.78, 5) is 26.5. The van der Waals surface area contributed by atoms with Crippen LogP contribution in [-0.2, 0) is 22.0 Å². The number of rotatable bonds is 6. The summed E-state index contributed by atoms with van der Waals surface area (Å²) in [6.45, 7) is 2.72. The van der Waals surface area contributed by atoms with Gasteiger partial charge in [-0.2, -0.15) is 0 Å². The lowest BCUT2D eigenvalue weighted by Gasteiger charge is -2.31. The molecule has 2 aliphatic rings. The van der Waals surface area contributed by atoms with Crippen molar-refractivity contribution in [3.63, 3.8) is 0 Å². The molecule has 0 spiro atoms. The van der Waals surface area contributed by atoms with Crippen LogP contribution in [0, 0.1) is 0 Å². The standard InChI is InChI=1S/C30H35N7O7/c1-35(17-19-4-5-23(41-2)15-25(19)42-3)24-16-26-33-21-12-20(13-22(14-21)36-7-10-43-11-8-36)30(39,40)44-9-6-31-29(38)37-18-32-27(24)28(37)34-26/h4-5,12-16,18,39-40H,6-11,17H2,1-3H3,(H,31,38)(H,33,34). The van der Waals surface area contributed by atoms with Gasteiger partial charge in [0, 0.05) is 67.9 Å². The number of aliphatic hydroxyl groups is 2. The number of nitrogens with zero attached hydrogens (tertiary/aromatic N) is 5. The summed E-state index contributed by atoms with van der Waals surface area (Å²) >= 11 is 0. The number of methoxy groups -OCH3 is 2. The number of fused-ring (bicyclic) bond motifs is 3. The Kier molecular flexibility index (Phi) is 8.14. The quantitative estimate of drug-likeness (QED) is 0.238. The number of hydrogen-bond acceptors (Lipinski definition) is 12. The highest BCUT2D eigenvalue weighted by molar-refractivity contribution is 5.95. The first kappa shape index (κ1) is 29.4. The minimum atomic E-state index is -2.60. The number of aromatic nitrogens is 3. The van der Waals surface area contributed by atoms with Crippen molar-refractivity contribution in [1.29, 1.82) is 0 Å². The number of nitrogens with one attached hydrogen (secondary N) is 2. The van der Waals surface area contributed by atoms with Crippen LogP contribution in [0.3, 0.4) is 0 Å². The first-order chi connectivity index (χ1) is 21.3. The van der Waals surface area contributed by atoms with Gasteiger partial charge in [0.25, 0.3) is 0 Å². The monoisotopic (exact) mass is 605 g/mol. The maximum atomic E-state index is 13.1. The van der Waals surface area contributed by atoms with E-state index in [0.29, 0.717) is 72.7 Å². The number of morpholine rings is 1. The Morgan fingerprint density at radius 2 is 1.89 bits per heavy atom. The molecule has 2 aliphatic heterocycles. The molecular weight excluding hydrogens is 570 g/mol. The number of hydrogen-bond donors (Lipinski definition) is 4. The number of anilines is 4. The molecule has 4 heterocycles. The van der Waals surface area contributed by atoms with Gasteiger partial charge in [-0.1, -0.05) is 0 Å². The molecule has 14 nitrogen and oxygen atoms in total.